The SMILES string of the molecule is Cc1ccc(C(=O)NCc2cc3c([nH]c4ccccc43)c(C)n2)cc1. The molecule has 2 N–H and O–H groups in total. The maximum atomic E-state index is 12.3. The van der Waals surface area contributed by atoms with E-state index >= 15 is 0 Å². The number of nitrogens with zero attached hydrogens (tertiary/aromatic N) is 1. The number of carbonyl (C=O) groups is 1. The molecule has 0 saturated heterocycles. The van der Waals surface area contributed by atoms with Crippen molar-refractivity contribution in [3.05, 3.63) is 77.1 Å². The summed E-state index contributed by atoms with van der Waals surface area (Å²) in [6, 6.07) is 17.8. The number of hydrogen-bond acceptors (Lipinski definition) is 2. The second kappa shape index (κ2) is 6.06. The highest BCUT2D eigenvalue weighted by atomic mass is 16.1. The lowest BCUT2D eigenvalue weighted by molar-refractivity contribution is 0.0950. The largest absolute Gasteiger partial charge is 0.353 e. The van der Waals surface area contributed by atoms with Gasteiger partial charge in [-0.2, -0.15) is 0 Å². The summed E-state index contributed by atoms with van der Waals surface area (Å²) in [5.41, 5.74) is 5.75. The topological polar surface area (TPSA) is 57.8 Å². The van der Waals surface area contributed by atoms with Crippen molar-refractivity contribution in [2.45, 2.75) is 20.4 Å². The van der Waals surface area contributed by atoms with E-state index in [0.29, 0.717) is 12.1 Å². The zero-order valence-electron chi connectivity index (χ0n) is 14.3. The summed E-state index contributed by atoms with van der Waals surface area (Å²) in [5.74, 6) is -0.0847. The van der Waals surface area contributed by atoms with Crippen LogP contribution in [0.15, 0.2) is 54.6 Å². The van der Waals surface area contributed by atoms with Gasteiger partial charge in [-0.25, -0.2) is 0 Å². The second-order valence-corrected chi connectivity index (χ2v) is 6.34. The number of aryl methyl sites for hydroxylation is 2. The van der Waals surface area contributed by atoms with Crippen LogP contribution >= 0.6 is 0 Å². The average molecular weight is 329 g/mol. The number of carbonyl (C=O) groups excluding carboxylic acids is 1. The van der Waals surface area contributed by atoms with Gasteiger partial charge >= 0.3 is 0 Å². The fourth-order valence-electron chi connectivity index (χ4n) is 3.14. The molecule has 2 heterocycles. The van der Waals surface area contributed by atoms with E-state index in [1.807, 2.05) is 50.2 Å². The molecule has 4 nitrogen and oxygen atoms in total. The number of nitrogens with one attached hydrogen (secondary N) is 2. The standard InChI is InChI=1S/C21H19N3O/c1-13-7-9-15(10-8-13)21(25)22-12-16-11-18-17-5-3-4-6-19(17)24-20(18)14(2)23-16/h3-11,24H,12H2,1-2H3,(H,22,25). The molecule has 0 spiro atoms. The van der Waals surface area contributed by atoms with E-state index in [-0.39, 0.29) is 5.91 Å². The van der Waals surface area contributed by atoms with Gasteiger partial charge in [0.25, 0.3) is 5.91 Å². The summed E-state index contributed by atoms with van der Waals surface area (Å²) >= 11 is 0. The van der Waals surface area contributed by atoms with Gasteiger partial charge in [0.15, 0.2) is 0 Å². The van der Waals surface area contributed by atoms with Crippen molar-refractivity contribution in [2.24, 2.45) is 0 Å². The molecule has 25 heavy (non-hydrogen) atoms. The Kier molecular flexibility index (Phi) is 3.73. The van der Waals surface area contributed by atoms with Crippen LogP contribution in [-0.2, 0) is 6.54 Å². The highest BCUT2D eigenvalue weighted by Gasteiger charge is 2.10. The maximum absolute atomic E-state index is 12.3. The van der Waals surface area contributed by atoms with E-state index in [0.717, 1.165) is 33.4 Å². The molecular weight excluding hydrogens is 310 g/mol. The first kappa shape index (κ1) is 15.4. The molecule has 0 bridgehead atoms. The molecule has 2 aromatic carbocycles. The summed E-state index contributed by atoms with van der Waals surface area (Å²) in [6.45, 7) is 4.40. The Balaban J connectivity index is 1.62. The third-order valence-corrected chi connectivity index (χ3v) is 4.47. The summed E-state index contributed by atoms with van der Waals surface area (Å²) in [5, 5.41) is 5.27. The number of amides is 1. The van der Waals surface area contributed by atoms with Crippen molar-refractivity contribution < 1.29 is 4.79 Å². The number of H-pyrrole nitrogens is 1. The van der Waals surface area contributed by atoms with Crippen LogP contribution in [0.3, 0.4) is 0 Å². The van der Waals surface area contributed by atoms with Crippen LogP contribution < -0.4 is 5.32 Å². The molecule has 4 rings (SSSR count). The average Bonchev–Trinajstić information content (AvgIpc) is 3.00. The number of rotatable bonds is 3. The number of pyridine rings is 1. The summed E-state index contributed by atoms with van der Waals surface area (Å²) in [6.07, 6.45) is 0. The first-order valence-corrected chi connectivity index (χ1v) is 8.33. The molecule has 0 unspecified atom stereocenters. The Morgan fingerprint density at radius 3 is 2.60 bits per heavy atom. The summed E-state index contributed by atoms with van der Waals surface area (Å²) < 4.78 is 0. The molecule has 0 fully saturated rings. The van der Waals surface area contributed by atoms with E-state index < -0.39 is 0 Å². The minimum absolute atomic E-state index is 0.0847. The number of benzene rings is 2. The molecular formula is C21H19N3O. The fraction of sp³-hybridized carbons (Fsp3) is 0.143. The number of aromatic nitrogens is 2. The van der Waals surface area contributed by atoms with Gasteiger partial charge in [0, 0.05) is 21.9 Å². The Bertz CT molecular complexity index is 1080. The van der Waals surface area contributed by atoms with Crippen molar-refractivity contribution in [1.82, 2.24) is 15.3 Å². The lowest BCUT2D eigenvalue weighted by atomic mass is 10.1. The van der Waals surface area contributed by atoms with Crippen LogP contribution in [0.5, 0.6) is 0 Å². The van der Waals surface area contributed by atoms with Crippen molar-refractivity contribution >= 4 is 27.7 Å². The molecule has 0 aliphatic carbocycles. The van der Waals surface area contributed by atoms with Crippen molar-refractivity contribution in [3.63, 3.8) is 0 Å². The number of fused-ring (bicyclic) bond motifs is 3. The van der Waals surface area contributed by atoms with Crippen LogP contribution in [0.25, 0.3) is 21.8 Å². The van der Waals surface area contributed by atoms with Gasteiger partial charge in [-0.3, -0.25) is 9.78 Å². The molecule has 0 radical (unpaired) electrons. The summed E-state index contributed by atoms with van der Waals surface area (Å²) in [4.78, 5) is 20.3. The molecule has 0 atom stereocenters. The molecule has 4 aromatic rings. The van der Waals surface area contributed by atoms with Gasteiger partial charge in [-0.1, -0.05) is 35.9 Å². The lowest BCUT2D eigenvalue weighted by Gasteiger charge is -2.07. The van der Waals surface area contributed by atoms with Crippen LogP contribution in [0.1, 0.15) is 27.3 Å². The molecule has 2 aromatic heterocycles. The normalized spacial score (nSPS) is 11.1. The predicted octanol–water partition coefficient (Wildman–Crippen LogP) is 4.26. The lowest BCUT2D eigenvalue weighted by Crippen LogP contribution is -2.23. The monoisotopic (exact) mass is 329 g/mol. The quantitative estimate of drug-likeness (QED) is 0.590. The zero-order chi connectivity index (χ0) is 17.4. The van der Waals surface area contributed by atoms with Crippen molar-refractivity contribution in [3.8, 4) is 0 Å². The molecule has 1 amide bonds. The minimum atomic E-state index is -0.0847. The highest BCUT2D eigenvalue weighted by molar-refractivity contribution is 6.07. The van der Waals surface area contributed by atoms with Gasteiger partial charge in [0.2, 0.25) is 0 Å². The first-order chi connectivity index (χ1) is 12.1. The second-order valence-electron chi connectivity index (χ2n) is 6.34. The van der Waals surface area contributed by atoms with Gasteiger partial charge in [0.05, 0.1) is 23.4 Å². The van der Waals surface area contributed by atoms with Crippen LogP contribution in [0, 0.1) is 13.8 Å². The number of para-hydroxylation sites is 1. The molecule has 124 valence electrons. The number of aromatic amines is 1. The van der Waals surface area contributed by atoms with E-state index in [2.05, 4.69) is 33.5 Å². The highest BCUT2D eigenvalue weighted by Crippen LogP contribution is 2.27. The van der Waals surface area contributed by atoms with Gasteiger partial charge in [-0.05, 0) is 38.1 Å². The minimum Gasteiger partial charge on any atom is -0.353 e. The zero-order valence-corrected chi connectivity index (χ0v) is 14.3. The third kappa shape index (κ3) is 2.87. The van der Waals surface area contributed by atoms with Gasteiger partial charge in [-0.15, -0.1) is 0 Å². The van der Waals surface area contributed by atoms with Crippen molar-refractivity contribution in [1.29, 1.82) is 0 Å². The molecule has 0 aliphatic heterocycles. The molecule has 0 saturated carbocycles. The van der Waals surface area contributed by atoms with E-state index in [4.69, 9.17) is 0 Å². The van der Waals surface area contributed by atoms with E-state index in [1.54, 1.807) is 0 Å². The third-order valence-electron chi connectivity index (χ3n) is 4.47. The Labute approximate surface area is 145 Å². The Hall–Kier alpha value is -3.14. The predicted molar refractivity (Wildman–Crippen MR) is 101 cm³/mol. The van der Waals surface area contributed by atoms with Gasteiger partial charge < -0.3 is 10.3 Å². The van der Waals surface area contributed by atoms with Gasteiger partial charge in [0.1, 0.15) is 0 Å². The first-order valence-electron chi connectivity index (χ1n) is 8.33. The van der Waals surface area contributed by atoms with E-state index in [1.165, 1.54) is 5.39 Å². The fourth-order valence-corrected chi connectivity index (χ4v) is 3.14. The van der Waals surface area contributed by atoms with Crippen LogP contribution in [0.4, 0.5) is 0 Å². The smallest absolute Gasteiger partial charge is 0.251 e. The number of hydrogen-bond donors (Lipinski definition) is 2. The Morgan fingerprint density at radius 2 is 1.80 bits per heavy atom. The summed E-state index contributed by atoms with van der Waals surface area (Å²) in [7, 11) is 0. The molecule has 4 heteroatoms. The molecule has 0 aliphatic rings. The maximum Gasteiger partial charge on any atom is 0.251 e. The Morgan fingerprint density at radius 1 is 1.04 bits per heavy atom. The van der Waals surface area contributed by atoms with Crippen LogP contribution in [0.2, 0.25) is 0 Å². The van der Waals surface area contributed by atoms with Crippen molar-refractivity contribution in [2.75, 3.05) is 0 Å². The van der Waals surface area contributed by atoms with Crippen LogP contribution in [-0.4, -0.2) is 15.9 Å². The van der Waals surface area contributed by atoms with E-state index in [9.17, 15) is 4.79 Å².